The number of nitrogens with one attached hydrogen (secondary N) is 1. The highest BCUT2D eigenvalue weighted by Gasteiger charge is 2.09. The maximum absolute atomic E-state index is 12.9. The molecule has 0 saturated carbocycles. The highest BCUT2D eigenvalue weighted by atomic mass is 35.5. The Hall–Kier alpha value is -1.36. The van der Waals surface area contributed by atoms with E-state index in [1.54, 1.807) is 12.3 Å². The van der Waals surface area contributed by atoms with Gasteiger partial charge in [-0.3, -0.25) is 0 Å². The second-order valence-electron chi connectivity index (χ2n) is 4.09. The fourth-order valence-corrected chi connectivity index (χ4v) is 2.00. The Bertz CT molecular complexity index is 608. The standard InChI is InChI=1S/C14H13Cl2FN2O/c1-2-18-7-9-5-12(16)14(19-8-9)20-13-4-3-10(17)6-11(13)15/h3-6,8,18H,2,7H2,1H3. The first kappa shape index (κ1) is 15.0. The third-order valence-electron chi connectivity index (χ3n) is 2.54. The topological polar surface area (TPSA) is 34.2 Å². The summed E-state index contributed by atoms with van der Waals surface area (Å²) in [7, 11) is 0. The van der Waals surface area contributed by atoms with Gasteiger partial charge in [-0.2, -0.15) is 0 Å². The normalized spacial score (nSPS) is 10.6. The number of nitrogens with zero attached hydrogens (tertiary/aromatic N) is 1. The number of halogens is 3. The van der Waals surface area contributed by atoms with Gasteiger partial charge in [-0.25, -0.2) is 9.37 Å². The lowest BCUT2D eigenvalue weighted by atomic mass is 10.3. The molecule has 0 aliphatic carbocycles. The van der Waals surface area contributed by atoms with Crippen LogP contribution in [0.3, 0.4) is 0 Å². The maximum atomic E-state index is 12.9. The van der Waals surface area contributed by atoms with Crippen molar-refractivity contribution in [2.45, 2.75) is 13.5 Å². The molecular weight excluding hydrogens is 302 g/mol. The Morgan fingerprint density at radius 3 is 2.70 bits per heavy atom. The Kier molecular flexibility index (Phi) is 5.17. The average molecular weight is 315 g/mol. The third kappa shape index (κ3) is 3.82. The van der Waals surface area contributed by atoms with Crippen LogP contribution in [-0.2, 0) is 6.54 Å². The molecule has 0 bridgehead atoms. The van der Waals surface area contributed by atoms with Crippen molar-refractivity contribution >= 4 is 23.2 Å². The van der Waals surface area contributed by atoms with E-state index in [4.69, 9.17) is 27.9 Å². The van der Waals surface area contributed by atoms with Crippen molar-refractivity contribution in [3.8, 4) is 11.6 Å². The van der Waals surface area contributed by atoms with E-state index in [-0.39, 0.29) is 10.9 Å². The molecule has 0 atom stereocenters. The fraction of sp³-hybridized carbons (Fsp3) is 0.214. The largest absolute Gasteiger partial charge is 0.436 e. The second-order valence-corrected chi connectivity index (χ2v) is 4.90. The van der Waals surface area contributed by atoms with Crippen molar-refractivity contribution in [2.24, 2.45) is 0 Å². The van der Waals surface area contributed by atoms with Crippen LogP contribution in [0.4, 0.5) is 4.39 Å². The zero-order chi connectivity index (χ0) is 14.5. The number of benzene rings is 1. The zero-order valence-electron chi connectivity index (χ0n) is 10.8. The lowest BCUT2D eigenvalue weighted by Gasteiger charge is -2.09. The number of hydrogen-bond donors (Lipinski definition) is 1. The van der Waals surface area contributed by atoms with Crippen LogP contribution >= 0.6 is 23.2 Å². The Morgan fingerprint density at radius 2 is 2.05 bits per heavy atom. The molecule has 2 rings (SSSR count). The molecule has 1 N–H and O–H groups in total. The van der Waals surface area contributed by atoms with Crippen LogP contribution in [0.1, 0.15) is 12.5 Å². The van der Waals surface area contributed by atoms with Gasteiger partial charge in [0.25, 0.3) is 0 Å². The van der Waals surface area contributed by atoms with E-state index in [1.807, 2.05) is 6.92 Å². The number of aromatic nitrogens is 1. The fourth-order valence-electron chi connectivity index (χ4n) is 1.57. The van der Waals surface area contributed by atoms with Crippen molar-refractivity contribution in [2.75, 3.05) is 6.54 Å². The molecule has 3 nitrogen and oxygen atoms in total. The van der Waals surface area contributed by atoms with Crippen LogP contribution in [0, 0.1) is 5.82 Å². The van der Waals surface area contributed by atoms with Gasteiger partial charge in [0.05, 0.1) is 5.02 Å². The van der Waals surface area contributed by atoms with Gasteiger partial charge in [-0.1, -0.05) is 30.1 Å². The number of ether oxygens (including phenoxy) is 1. The van der Waals surface area contributed by atoms with Crippen LogP contribution in [0.25, 0.3) is 0 Å². The molecule has 0 amide bonds. The molecule has 106 valence electrons. The van der Waals surface area contributed by atoms with Gasteiger partial charge in [0.2, 0.25) is 5.88 Å². The predicted octanol–water partition coefficient (Wildman–Crippen LogP) is 4.43. The first-order chi connectivity index (χ1) is 9.60. The van der Waals surface area contributed by atoms with E-state index in [1.165, 1.54) is 18.2 Å². The molecule has 20 heavy (non-hydrogen) atoms. The number of pyridine rings is 1. The van der Waals surface area contributed by atoms with Crippen LogP contribution in [0.15, 0.2) is 30.5 Å². The summed E-state index contributed by atoms with van der Waals surface area (Å²) in [5.74, 6) is 0.115. The van der Waals surface area contributed by atoms with Crippen LogP contribution < -0.4 is 10.1 Å². The quantitative estimate of drug-likeness (QED) is 0.886. The summed E-state index contributed by atoms with van der Waals surface area (Å²) >= 11 is 12.0. The highest BCUT2D eigenvalue weighted by Crippen LogP contribution is 2.32. The minimum atomic E-state index is -0.428. The Labute approximate surface area is 126 Å². The molecule has 0 aliphatic rings. The van der Waals surface area contributed by atoms with Gasteiger partial charge >= 0.3 is 0 Å². The van der Waals surface area contributed by atoms with E-state index in [2.05, 4.69) is 10.3 Å². The van der Waals surface area contributed by atoms with E-state index < -0.39 is 5.82 Å². The van der Waals surface area contributed by atoms with E-state index in [9.17, 15) is 4.39 Å². The van der Waals surface area contributed by atoms with Crippen molar-refractivity contribution in [3.05, 3.63) is 51.9 Å². The maximum Gasteiger partial charge on any atom is 0.238 e. The lowest BCUT2D eigenvalue weighted by Crippen LogP contribution is -2.11. The summed E-state index contributed by atoms with van der Waals surface area (Å²) in [5.41, 5.74) is 0.953. The highest BCUT2D eigenvalue weighted by molar-refractivity contribution is 6.32. The molecular formula is C14H13Cl2FN2O. The van der Waals surface area contributed by atoms with Crippen molar-refractivity contribution < 1.29 is 9.13 Å². The molecule has 1 aromatic carbocycles. The number of hydrogen-bond acceptors (Lipinski definition) is 3. The molecule has 1 aromatic heterocycles. The minimum Gasteiger partial charge on any atom is -0.436 e. The van der Waals surface area contributed by atoms with E-state index in [0.717, 1.165) is 12.1 Å². The predicted molar refractivity (Wildman–Crippen MR) is 78.1 cm³/mol. The van der Waals surface area contributed by atoms with Crippen molar-refractivity contribution in [1.82, 2.24) is 10.3 Å². The van der Waals surface area contributed by atoms with Crippen LogP contribution in [0.2, 0.25) is 10.0 Å². The third-order valence-corrected chi connectivity index (χ3v) is 3.11. The molecule has 2 aromatic rings. The van der Waals surface area contributed by atoms with Gasteiger partial charge in [0, 0.05) is 12.7 Å². The summed E-state index contributed by atoms with van der Waals surface area (Å²) in [6, 6.07) is 5.63. The molecule has 0 spiro atoms. The first-order valence-electron chi connectivity index (χ1n) is 6.08. The Morgan fingerprint density at radius 1 is 1.25 bits per heavy atom. The SMILES string of the molecule is CCNCc1cnc(Oc2ccc(F)cc2Cl)c(Cl)c1. The molecule has 0 fully saturated rings. The molecule has 0 unspecified atom stereocenters. The summed E-state index contributed by atoms with van der Waals surface area (Å²) in [6.45, 7) is 3.56. The summed E-state index contributed by atoms with van der Waals surface area (Å²) < 4.78 is 18.4. The smallest absolute Gasteiger partial charge is 0.238 e. The molecule has 0 radical (unpaired) electrons. The second kappa shape index (κ2) is 6.88. The number of rotatable bonds is 5. The molecule has 6 heteroatoms. The average Bonchev–Trinajstić information content (AvgIpc) is 2.42. The summed E-state index contributed by atoms with van der Waals surface area (Å²) in [4.78, 5) is 4.14. The monoisotopic (exact) mass is 314 g/mol. The molecule has 0 aliphatic heterocycles. The van der Waals surface area contributed by atoms with E-state index >= 15 is 0 Å². The van der Waals surface area contributed by atoms with Crippen molar-refractivity contribution in [3.63, 3.8) is 0 Å². The summed E-state index contributed by atoms with van der Waals surface area (Å²) in [6.07, 6.45) is 1.67. The Balaban J connectivity index is 2.17. The first-order valence-corrected chi connectivity index (χ1v) is 6.83. The lowest BCUT2D eigenvalue weighted by molar-refractivity contribution is 0.461. The van der Waals surface area contributed by atoms with Gasteiger partial charge in [0.1, 0.15) is 16.6 Å². The van der Waals surface area contributed by atoms with Gasteiger partial charge in [-0.05, 0) is 36.4 Å². The molecule has 0 saturated heterocycles. The van der Waals surface area contributed by atoms with Crippen LogP contribution in [0.5, 0.6) is 11.6 Å². The minimum absolute atomic E-state index is 0.166. The zero-order valence-corrected chi connectivity index (χ0v) is 12.3. The summed E-state index contributed by atoms with van der Waals surface area (Å²) in [5, 5.41) is 3.72. The van der Waals surface area contributed by atoms with Crippen LogP contribution in [-0.4, -0.2) is 11.5 Å². The van der Waals surface area contributed by atoms with Gasteiger partial charge < -0.3 is 10.1 Å². The van der Waals surface area contributed by atoms with Gasteiger partial charge in [0.15, 0.2) is 0 Å². The van der Waals surface area contributed by atoms with E-state index in [0.29, 0.717) is 17.3 Å². The van der Waals surface area contributed by atoms with Gasteiger partial charge in [-0.15, -0.1) is 0 Å². The van der Waals surface area contributed by atoms with Crippen molar-refractivity contribution in [1.29, 1.82) is 0 Å². The molecule has 1 heterocycles.